The minimum absolute atomic E-state index is 0.0481. The second-order valence-corrected chi connectivity index (χ2v) is 9.65. The number of aromatic nitrogens is 1. The molecule has 0 spiro atoms. The number of primary amides is 1. The van der Waals surface area contributed by atoms with Crippen molar-refractivity contribution in [1.29, 1.82) is 0 Å². The van der Waals surface area contributed by atoms with Crippen molar-refractivity contribution in [2.75, 3.05) is 13.1 Å². The molecule has 28 heavy (non-hydrogen) atoms. The monoisotopic (exact) mass is 383 g/mol. The highest BCUT2D eigenvalue weighted by Crippen LogP contribution is 2.60. The molecule has 2 heterocycles. The van der Waals surface area contributed by atoms with Gasteiger partial charge in [-0.3, -0.25) is 9.78 Å². The Morgan fingerprint density at radius 3 is 2.61 bits per heavy atom. The van der Waals surface area contributed by atoms with Crippen molar-refractivity contribution in [2.24, 2.45) is 28.9 Å². The van der Waals surface area contributed by atoms with Gasteiger partial charge in [0.2, 0.25) is 5.91 Å². The third-order valence-corrected chi connectivity index (χ3v) is 7.75. The average Bonchev–Trinajstić information content (AvgIpc) is 3.15. The summed E-state index contributed by atoms with van der Waals surface area (Å²) >= 11 is 0. The molecule has 1 aromatic heterocycles. The number of ether oxygens (including phenoxy) is 1. The van der Waals surface area contributed by atoms with E-state index in [0.717, 1.165) is 56.3 Å². The average molecular weight is 383 g/mol. The predicted octanol–water partition coefficient (Wildman–Crippen LogP) is 3.00. The first-order valence-electron chi connectivity index (χ1n) is 10.6. The van der Waals surface area contributed by atoms with Gasteiger partial charge in [-0.25, -0.2) is 4.79 Å². The fourth-order valence-corrected chi connectivity index (χ4v) is 6.55. The van der Waals surface area contributed by atoms with E-state index in [0.29, 0.717) is 24.3 Å². The van der Waals surface area contributed by atoms with Crippen molar-refractivity contribution in [1.82, 2.24) is 9.88 Å². The number of carbonyl (C=O) groups excluding carboxylic acids is 2. The molecule has 0 radical (unpaired) electrons. The van der Waals surface area contributed by atoms with Crippen molar-refractivity contribution < 1.29 is 14.3 Å². The van der Waals surface area contributed by atoms with Crippen molar-refractivity contribution in [3.63, 3.8) is 0 Å². The van der Waals surface area contributed by atoms with Crippen molar-refractivity contribution in [2.45, 2.75) is 57.5 Å². The minimum Gasteiger partial charge on any atom is -0.446 e. The van der Waals surface area contributed by atoms with E-state index >= 15 is 0 Å². The summed E-state index contributed by atoms with van der Waals surface area (Å²) in [4.78, 5) is 31.3. The molecule has 6 heteroatoms. The highest BCUT2D eigenvalue weighted by atomic mass is 16.6. The molecule has 4 bridgehead atoms. The molecule has 5 aliphatic rings. The molecule has 4 aliphatic carbocycles. The Morgan fingerprint density at radius 1 is 1.21 bits per heavy atom. The fourth-order valence-electron chi connectivity index (χ4n) is 6.55. The number of carbonyl (C=O) groups is 2. The number of hydrogen-bond acceptors (Lipinski definition) is 4. The summed E-state index contributed by atoms with van der Waals surface area (Å²) in [6.07, 6.45) is 7.24. The fraction of sp³-hybridized carbons (Fsp3) is 0.682. The zero-order valence-electron chi connectivity index (χ0n) is 16.5. The van der Waals surface area contributed by atoms with E-state index in [1.807, 2.05) is 18.0 Å². The normalized spacial score (nSPS) is 38.6. The van der Waals surface area contributed by atoms with Crippen LogP contribution in [0.4, 0.5) is 4.79 Å². The van der Waals surface area contributed by atoms with Crippen molar-refractivity contribution in [3.05, 3.63) is 29.6 Å². The lowest BCUT2D eigenvalue weighted by Gasteiger charge is -2.58. The SMILES string of the molecule is Cc1ccc(C2CCN(C(=O)OC3C4CC5C[C@H]3C[C@@](C(N)=O)(C5)C4)C2)nc1. The van der Waals surface area contributed by atoms with E-state index in [9.17, 15) is 9.59 Å². The van der Waals surface area contributed by atoms with E-state index in [1.165, 1.54) is 0 Å². The van der Waals surface area contributed by atoms with E-state index in [4.69, 9.17) is 10.5 Å². The van der Waals surface area contributed by atoms with Gasteiger partial charge < -0.3 is 15.4 Å². The van der Waals surface area contributed by atoms with Gasteiger partial charge in [-0.15, -0.1) is 0 Å². The first-order valence-corrected chi connectivity index (χ1v) is 10.6. The van der Waals surface area contributed by atoms with Crippen LogP contribution in [0.15, 0.2) is 18.3 Å². The van der Waals surface area contributed by atoms with Crippen LogP contribution in [-0.2, 0) is 9.53 Å². The van der Waals surface area contributed by atoms with Gasteiger partial charge in [-0.1, -0.05) is 6.07 Å². The van der Waals surface area contributed by atoms with Gasteiger partial charge in [-0.05, 0) is 74.8 Å². The van der Waals surface area contributed by atoms with Gasteiger partial charge in [-0.2, -0.15) is 0 Å². The maximum atomic E-state index is 12.9. The summed E-state index contributed by atoms with van der Waals surface area (Å²) in [5, 5.41) is 0. The summed E-state index contributed by atoms with van der Waals surface area (Å²) in [5.41, 5.74) is 7.62. The predicted molar refractivity (Wildman–Crippen MR) is 103 cm³/mol. The Kier molecular flexibility index (Phi) is 4.14. The molecule has 4 saturated carbocycles. The quantitative estimate of drug-likeness (QED) is 0.869. The third-order valence-electron chi connectivity index (χ3n) is 7.75. The van der Waals surface area contributed by atoms with Gasteiger partial charge in [0.25, 0.3) is 0 Å². The van der Waals surface area contributed by atoms with E-state index in [1.54, 1.807) is 0 Å². The number of aryl methyl sites for hydroxylation is 1. The Labute approximate surface area is 165 Å². The zero-order valence-corrected chi connectivity index (χ0v) is 16.5. The summed E-state index contributed by atoms with van der Waals surface area (Å²) in [5.74, 6) is 1.29. The van der Waals surface area contributed by atoms with Crippen LogP contribution < -0.4 is 5.73 Å². The molecule has 5 fully saturated rings. The maximum Gasteiger partial charge on any atom is 0.410 e. The number of pyridine rings is 1. The highest BCUT2D eigenvalue weighted by Gasteiger charge is 2.59. The molecular formula is C22H29N3O3. The molecule has 1 saturated heterocycles. The number of amides is 2. The van der Waals surface area contributed by atoms with E-state index < -0.39 is 0 Å². The Hall–Kier alpha value is -2.11. The molecule has 2 N–H and O–H groups in total. The largest absolute Gasteiger partial charge is 0.446 e. The third kappa shape index (κ3) is 2.88. The summed E-state index contributed by atoms with van der Waals surface area (Å²) in [6, 6.07) is 4.14. The summed E-state index contributed by atoms with van der Waals surface area (Å²) < 4.78 is 6.05. The van der Waals surface area contributed by atoms with Crippen LogP contribution in [0, 0.1) is 30.1 Å². The van der Waals surface area contributed by atoms with E-state index in [-0.39, 0.29) is 29.4 Å². The van der Waals surface area contributed by atoms with Gasteiger partial charge in [0.05, 0.1) is 5.41 Å². The number of nitrogens with zero attached hydrogens (tertiary/aromatic N) is 2. The Bertz CT molecular complexity index is 777. The van der Waals surface area contributed by atoms with Gasteiger partial charge in [0.15, 0.2) is 0 Å². The van der Waals surface area contributed by atoms with Crippen molar-refractivity contribution in [3.8, 4) is 0 Å². The standard InChI is InChI=1S/C22H29N3O3/c1-13-2-3-18(24-11-13)15-4-5-25(12-15)21(27)28-19-16-6-14-7-17(19)10-22(8-14,9-16)20(23)26/h2-3,11,14-17,19H,4-10,12H2,1H3,(H2,23,26)/t14?,15?,16-,17?,19?,22-/m0/s1. The maximum absolute atomic E-state index is 12.9. The van der Waals surface area contributed by atoms with Crippen molar-refractivity contribution >= 4 is 12.0 Å². The molecule has 6 nitrogen and oxygen atoms in total. The number of nitrogens with two attached hydrogens (primary N) is 1. The van der Waals surface area contributed by atoms with Crippen LogP contribution in [0.3, 0.4) is 0 Å². The first-order chi connectivity index (χ1) is 13.4. The minimum atomic E-state index is -0.338. The Morgan fingerprint density at radius 2 is 1.96 bits per heavy atom. The molecule has 6 atom stereocenters. The molecule has 1 aliphatic heterocycles. The van der Waals surface area contributed by atoms with Crippen LogP contribution in [0.1, 0.15) is 55.7 Å². The van der Waals surface area contributed by atoms with Gasteiger partial charge in [0, 0.05) is 30.9 Å². The smallest absolute Gasteiger partial charge is 0.410 e. The van der Waals surface area contributed by atoms with Crippen LogP contribution in [0.25, 0.3) is 0 Å². The van der Waals surface area contributed by atoms with Gasteiger partial charge in [0.1, 0.15) is 6.10 Å². The summed E-state index contributed by atoms with van der Waals surface area (Å²) in [7, 11) is 0. The molecule has 150 valence electrons. The van der Waals surface area contributed by atoms with Crippen LogP contribution >= 0.6 is 0 Å². The van der Waals surface area contributed by atoms with Gasteiger partial charge >= 0.3 is 6.09 Å². The topological polar surface area (TPSA) is 85.5 Å². The summed E-state index contributed by atoms with van der Waals surface area (Å²) in [6.45, 7) is 3.42. The zero-order chi connectivity index (χ0) is 19.5. The molecule has 4 unspecified atom stereocenters. The molecule has 1 aromatic rings. The first kappa shape index (κ1) is 18.0. The molecule has 0 aromatic carbocycles. The Balaban J connectivity index is 1.23. The number of likely N-dealkylation sites (tertiary alicyclic amines) is 1. The lowest BCUT2D eigenvalue weighted by Crippen LogP contribution is -2.59. The lowest BCUT2D eigenvalue weighted by atomic mass is 9.48. The van der Waals surface area contributed by atoms with E-state index in [2.05, 4.69) is 17.1 Å². The second kappa shape index (κ2) is 6.46. The molecule has 6 rings (SSSR count). The lowest BCUT2D eigenvalue weighted by molar-refractivity contribution is -0.161. The highest BCUT2D eigenvalue weighted by molar-refractivity contribution is 5.81. The number of hydrogen-bond donors (Lipinski definition) is 1. The second-order valence-electron chi connectivity index (χ2n) is 9.65. The molecular weight excluding hydrogens is 354 g/mol. The van der Waals surface area contributed by atoms with Crippen LogP contribution in [-0.4, -0.2) is 41.1 Å². The molecule has 2 amide bonds. The van der Waals surface area contributed by atoms with Crippen LogP contribution in [0.2, 0.25) is 0 Å². The number of rotatable bonds is 3. The van der Waals surface area contributed by atoms with Crippen LogP contribution in [0.5, 0.6) is 0 Å².